The van der Waals surface area contributed by atoms with Crippen LogP contribution in [0.3, 0.4) is 0 Å². The molecule has 10 heteroatoms. The van der Waals surface area contributed by atoms with Crippen LogP contribution in [0.4, 0.5) is 10.2 Å². The van der Waals surface area contributed by atoms with Gasteiger partial charge in [-0.25, -0.2) is 14.4 Å². The highest BCUT2D eigenvalue weighted by atomic mass is 35.5. The molecule has 0 radical (unpaired) electrons. The van der Waals surface area contributed by atoms with Gasteiger partial charge in [0.15, 0.2) is 17.5 Å². The fourth-order valence-corrected chi connectivity index (χ4v) is 4.29. The van der Waals surface area contributed by atoms with Gasteiger partial charge in [-0.2, -0.15) is 0 Å². The van der Waals surface area contributed by atoms with Crippen LogP contribution in [0.1, 0.15) is 19.2 Å². The van der Waals surface area contributed by atoms with Gasteiger partial charge in [0.2, 0.25) is 5.91 Å². The Kier molecular flexibility index (Phi) is 4.67. The van der Waals surface area contributed by atoms with Gasteiger partial charge in [-0.3, -0.25) is 4.79 Å². The predicted molar refractivity (Wildman–Crippen MR) is 110 cm³/mol. The summed E-state index contributed by atoms with van der Waals surface area (Å²) in [6.07, 6.45) is 7.11. The Hall–Kier alpha value is -2.65. The predicted octanol–water partition coefficient (Wildman–Crippen LogP) is 1.55. The fourth-order valence-electron chi connectivity index (χ4n) is 4.11. The van der Waals surface area contributed by atoms with Crippen molar-refractivity contribution in [2.75, 3.05) is 31.6 Å². The van der Waals surface area contributed by atoms with E-state index in [1.54, 1.807) is 12.4 Å². The van der Waals surface area contributed by atoms with E-state index in [1.807, 2.05) is 17.9 Å². The highest BCUT2D eigenvalue weighted by Crippen LogP contribution is 2.33. The number of aromatic nitrogens is 2. The standard InChI is InChI=1S/C20H22ClFN6O2/c1-20(9-30-10-20)19(29)28-3-2-12(8-28)26-18-15(22)7-25-17(27-18)14-6-24-16-13(14)4-11(21)5-23-16/h4-7,12,16,23-24H,2-3,8-10H2,1H3,(H,25,26,27)/t12-,16?/m0/s1. The molecule has 0 aliphatic carbocycles. The number of nitrogens with zero attached hydrogens (tertiary/aromatic N) is 3. The van der Waals surface area contributed by atoms with Crippen LogP contribution in [0, 0.1) is 11.2 Å². The third kappa shape index (κ3) is 3.31. The number of carbonyl (C=O) groups is 1. The molecule has 2 atom stereocenters. The summed E-state index contributed by atoms with van der Waals surface area (Å²) in [5, 5.41) is 10.0. The molecule has 158 valence electrons. The lowest BCUT2D eigenvalue weighted by Gasteiger charge is -2.39. The molecule has 8 nitrogen and oxygen atoms in total. The maximum absolute atomic E-state index is 14.4. The highest BCUT2D eigenvalue weighted by Gasteiger charge is 2.45. The topological polar surface area (TPSA) is 91.4 Å². The maximum Gasteiger partial charge on any atom is 0.233 e. The van der Waals surface area contributed by atoms with Crippen LogP contribution in [0.15, 0.2) is 35.3 Å². The number of amides is 1. The van der Waals surface area contributed by atoms with Gasteiger partial charge < -0.3 is 25.6 Å². The van der Waals surface area contributed by atoms with Crippen molar-refractivity contribution in [1.82, 2.24) is 25.5 Å². The minimum absolute atomic E-state index is 0.0767. The largest absolute Gasteiger partial charge is 0.379 e. The monoisotopic (exact) mass is 432 g/mol. The molecule has 1 aromatic heterocycles. The minimum Gasteiger partial charge on any atom is -0.379 e. The lowest BCUT2D eigenvalue weighted by atomic mass is 9.87. The summed E-state index contributed by atoms with van der Waals surface area (Å²) in [5.74, 6) is 0.0997. The van der Waals surface area contributed by atoms with E-state index >= 15 is 0 Å². The van der Waals surface area contributed by atoms with Crippen molar-refractivity contribution in [1.29, 1.82) is 0 Å². The summed E-state index contributed by atoms with van der Waals surface area (Å²) in [4.78, 5) is 23.1. The van der Waals surface area contributed by atoms with E-state index < -0.39 is 11.2 Å². The van der Waals surface area contributed by atoms with Crippen molar-refractivity contribution in [3.8, 4) is 0 Å². The van der Waals surface area contributed by atoms with Crippen LogP contribution in [0.5, 0.6) is 0 Å². The third-order valence-electron chi connectivity index (χ3n) is 5.86. The zero-order valence-corrected chi connectivity index (χ0v) is 17.2. The zero-order chi connectivity index (χ0) is 20.9. The number of nitrogens with one attached hydrogen (secondary N) is 3. The zero-order valence-electron chi connectivity index (χ0n) is 16.4. The van der Waals surface area contributed by atoms with Gasteiger partial charge in [0.25, 0.3) is 0 Å². The Morgan fingerprint density at radius 3 is 2.97 bits per heavy atom. The molecular weight excluding hydrogens is 411 g/mol. The molecule has 0 aromatic carbocycles. The number of likely N-dealkylation sites (tertiary alicyclic amines) is 1. The van der Waals surface area contributed by atoms with Crippen molar-refractivity contribution in [2.24, 2.45) is 5.41 Å². The number of fused-ring (bicyclic) bond motifs is 1. The first-order valence-corrected chi connectivity index (χ1v) is 10.3. The van der Waals surface area contributed by atoms with E-state index in [2.05, 4.69) is 25.9 Å². The number of dihydropyridines is 1. The average Bonchev–Trinajstić information content (AvgIpc) is 3.34. The van der Waals surface area contributed by atoms with Crippen molar-refractivity contribution >= 4 is 28.9 Å². The molecule has 5 heterocycles. The number of ether oxygens (including phenoxy) is 1. The van der Waals surface area contributed by atoms with Crippen molar-refractivity contribution < 1.29 is 13.9 Å². The van der Waals surface area contributed by atoms with E-state index in [1.165, 1.54) is 0 Å². The summed E-state index contributed by atoms with van der Waals surface area (Å²) in [5.41, 5.74) is 1.22. The number of anilines is 1. The van der Waals surface area contributed by atoms with Crippen LogP contribution in [-0.2, 0) is 9.53 Å². The molecule has 0 spiro atoms. The summed E-state index contributed by atoms with van der Waals surface area (Å²) in [6.45, 7) is 3.97. The van der Waals surface area contributed by atoms with Crippen LogP contribution in [-0.4, -0.2) is 59.3 Å². The number of halogens is 2. The van der Waals surface area contributed by atoms with Gasteiger partial charge in [0, 0.05) is 42.7 Å². The molecule has 2 fully saturated rings. The van der Waals surface area contributed by atoms with E-state index in [4.69, 9.17) is 16.3 Å². The first-order chi connectivity index (χ1) is 14.4. The minimum atomic E-state index is -0.528. The smallest absolute Gasteiger partial charge is 0.233 e. The van der Waals surface area contributed by atoms with E-state index in [0.717, 1.165) is 23.8 Å². The number of allylic oxidation sites excluding steroid dienone is 2. The fraction of sp³-hybridized carbons (Fsp3) is 0.450. The van der Waals surface area contributed by atoms with Gasteiger partial charge in [-0.15, -0.1) is 0 Å². The van der Waals surface area contributed by atoms with Gasteiger partial charge in [-0.1, -0.05) is 11.6 Å². The quantitative estimate of drug-likeness (QED) is 0.664. The molecule has 2 saturated heterocycles. The van der Waals surface area contributed by atoms with Crippen LogP contribution < -0.4 is 16.0 Å². The van der Waals surface area contributed by atoms with Crippen molar-refractivity contribution in [2.45, 2.75) is 25.6 Å². The lowest BCUT2D eigenvalue weighted by Crippen LogP contribution is -2.53. The van der Waals surface area contributed by atoms with Crippen LogP contribution >= 0.6 is 11.6 Å². The molecule has 0 bridgehead atoms. The summed E-state index contributed by atoms with van der Waals surface area (Å²) in [7, 11) is 0. The Labute approximate surface area is 178 Å². The van der Waals surface area contributed by atoms with Crippen molar-refractivity contribution in [3.63, 3.8) is 0 Å². The molecule has 4 aliphatic heterocycles. The van der Waals surface area contributed by atoms with E-state index in [9.17, 15) is 9.18 Å². The molecule has 4 aliphatic rings. The highest BCUT2D eigenvalue weighted by molar-refractivity contribution is 6.31. The molecule has 30 heavy (non-hydrogen) atoms. The Morgan fingerprint density at radius 2 is 2.20 bits per heavy atom. The Balaban J connectivity index is 1.31. The number of carbonyl (C=O) groups excluding carboxylic acids is 1. The second-order valence-electron chi connectivity index (χ2n) is 8.28. The normalized spacial score (nSPS) is 26.5. The Bertz CT molecular complexity index is 990. The first-order valence-electron chi connectivity index (χ1n) is 9.89. The number of hydrogen-bond donors (Lipinski definition) is 3. The van der Waals surface area contributed by atoms with Gasteiger partial charge in [0.05, 0.1) is 29.9 Å². The summed E-state index contributed by atoms with van der Waals surface area (Å²) < 4.78 is 19.6. The Morgan fingerprint density at radius 1 is 1.40 bits per heavy atom. The van der Waals surface area contributed by atoms with Gasteiger partial charge in [-0.05, 0) is 19.4 Å². The number of hydrogen-bond acceptors (Lipinski definition) is 7. The van der Waals surface area contributed by atoms with E-state index in [0.29, 0.717) is 37.2 Å². The van der Waals surface area contributed by atoms with Crippen molar-refractivity contribution in [3.05, 3.63) is 46.9 Å². The van der Waals surface area contributed by atoms with Crippen LogP contribution in [0.2, 0.25) is 0 Å². The van der Waals surface area contributed by atoms with Crippen LogP contribution in [0.25, 0.3) is 5.57 Å². The molecule has 1 unspecified atom stereocenters. The second kappa shape index (κ2) is 7.24. The SMILES string of the molecule is CC1(C(=O)N2CC[C@H](Nc3nc(C4=CNC5NC=C(Cl)C=C45)ncc3F)C2)COC1. The third-order valence-corrected chi connectivity index (χ3v) is 6.07. The van der Waals surface area contributed by atoms with Gasteiger partial charge >= 0.3 is 0 Å². The molecule has 1 amide bonds. The lowest BCUT2D eigenvalue weighted by molar-refractivity contribution is -0.167. The first kappa shape index (κ1) is 19.3. The summed E-state index contributed by atoms with van der Waals surface area (Å²) in [6, 6.07) is -0.0767. The molecule has 0 saturated carbocycles. The molecule has 3 N–H and O–H groups in total. The summed E-state index contributed by atoms with van der Waals surface area (Å²) >= 11 is 6.11. The maximum atomic E-state index is 14.4. The van der Waals surface area contributed by atoms with Gasteiger partial charge in [0.1, 0.15) is 6.17 Å². The number of rotatable bonds is 4. The van der Waals surface area contributed by atoms with E-state index in [-0.39, 0.29) is 23.9 Å². The molecular formula is C20H22ClFN6O2. The second-order valence-corrected chi connectivity index (χ2v) is 8.71. The average molecular weight is 433 g/mol. The molecule has 5 rings (SSSR count). The molecule has 1 aromatic rings.